The summed E-state index contributed by atoms with van der Waals surface area (Å²) in [5, 5.41) is 3.55. The third-order valence-electron chi connectivity index (χ3n) is 3.59. The zero-order valence-corrected chi connectivity index (χ0v) is 13.1. The number of benzene rings is 1. The summed E-state index contributed by atoms with van der Waals surface area (Å²) in [5.74, 6) is 2.50. The van der Waals surface area contributed by atoms with E-state index in [1.165, 1.54) is 0 Å². The molecule has 4 nitrogen and oxygen atoms in total. The van der Waals surface area contributed by atoms with Crippen molar-refractivity contribution in [2.45, 2.75) is 32.2 Å². The number of nitrogens with one attached hydrogen (secondary N) is 1. The normalized spacial score (nSPS) is 15.9. The summed E-state index contributed by atoms with van der Waals surface area (Å²) in [6.45, 7) is 3.86. The molecule has 0 amide bonds. The van der Waals surface area contributed by atoms with E-state index in [0.717, 1.165) is 55.2 Å². The van der Waals surface area contributed by atoms with E-state index in [4.69, 9.17) is 14.2 Å². The van der Waals surface area contributed by atoms with Gasteiger partial charge in [-0.2, -0.15) is 0 Å². The van der Waals surface area contributed by atoms with Crippen LogP contribution in [0.25, 0.3) is 0 Å². The van der Waals surface area contributed by atoms with Crippen molar-refractivity contribution in [2.75, 3.05) is 27.4 Å². The van der Waals surface area contributed by atoms with Crippen LogP contribution in [0.1, 0.15) is 37.8 Å². The lowest BCUT2D eigenvalue weighted by Gasteiger charge is -2.27. The van der Waals surface area contributed by atoms with Crippen molar-refractivity contribution in [3.8, 4) is 11.5 Å². The Morgan fingerprint density at radius 1 is 1.29 bits per heavy atom. The first-order chi connectivity index (χ1) is 10.3. The standard InChI is InChI=1S/C17H25NO3/c1-4-11-18-16(14-9-5-6-12-21-14)13-8-7-10-15(19-2)17(13)20-3/h7-10,16,18H,4-6,11-12H2,1-3H3. The number of methoxy groups -OCH3 is 2. The summed E-state index contributed by atoms with van der Waals surface area (Å²) in [6, 6.07) is 5.97. The monoisotopic (exact) mass is 291 g/mol. The summed E-state index contributed by atoms with van der Waals surface area (Å²) in [7, 11) is 3.33. The largest absolute Gasteiger partial charge is 0.496 e. The van der Waals surface area contributed by atoms with E-state index in [2.05, 4.69) is 24.4 Å². The minimum Gasteiger partial charge on any atom is -0.496 e. The number of allylic oxidation sites excluding steroid dienone is 1. The maximum atomic E-state index is 5.87. The van der Waals surface area contributed by atoms with Crippen molar-refractivity contribution < 1.29 is 14.2 Å². The van der Waals surface area contributed by atoms with E-state index in [1.807, 2.05) is 12.1 Å². The molecule has 21 heavy (non-hydrogen) atoms. The first kappa shape index (κ1) is 15.7. The van der Waals surface area contributed by atoms with Crippen molar-refractivity contribution in [1.82, 2.24) is 5.32 Å². The first-order valence-corrected chi connectivity index (χ1v) is 7.59. The Labute approximate surface area is 127 Å². The van der Waals surface area contributed by atoms with Crippen LogP contribution in [0.4, 0.5) is 0 Å². The molecule has 0 saturated heterocycles. The van der Waals surface area contributed by atoms with Gasteiger partial charge < -0.3 is 19.5 Å². The molecule has 1 aromatic carbocycles. The molecule has 0 fully saturated rings. The third kappa shape index (κ3) is 3.70. The van der Waals surface area contributed by atoms with Gasteiger partial charge in [0.2, 0.25) is 0 Å². The van der Waals surface area contributed by atoms with Crippen molar-refractivity contribution in [1.29, 1.82) is 0 Å². The topological polar surface area (TPSA) is 39.7 Å². The van der Waals surface area contributed by atoms with Crippen LogP contribution in [0.3, 0.4) is 0 Å². The lowest BCUT2D eigenvalue weighted by molar-refractivity contribution is 0.166. The van der Waals surface area contributed by atoms with E-state index in [0.29, 0.717) is 0 Å². The maximum absolute atomic E-state index is 5.87. The number of rotatable bonds is 7. The Kier molecular flexibility index (Phi) is 5.93. The van der Waals surface area contributed by atoms with Crippen LogP contribution in [0.2, 0.25) is 0 Å². The molecule has 1 aliphatic heterocycles. The second kappa shape index (κ2) is 7.93. The second-order valence-electron chi connectivity index (χ2n) is 5.07. The molecule has 1 aliphatic rings. The third-order valence-corrected chi connectivity index (χ3v) is 3.59. The molecule has 0 saturated carbocycles. The zero-order valence-electron chi connectivity index (χ0n) is 13.1. The summed E-state index contributed by atoms with van der Waals surface area (Å²) in [5.41, 5.74) is 1.05. The number of hydrogen-bond acceptors (Lipinski definition) is 4. The Balaban J connectivity index is 2.38. The van der Waals surface area contributed by atoms with Gasteiger partial charge in [-0.1, -0.05) is 19.1 Å². The highest BCUT2D eigenvalue weighted by Gasteiger charge is 2.24. The van der Waals surface area contributed by atoms with Crippen LogP contribution in [0, 0.1) is 0 Å². The Morgan fingerprint density at radius 3 is 2.76 bits per heavy atom. The van der Waals surface area contributed by atoms with Crippen molar-refractivity contribution >= 4 is 0 Å². The Morgan fingerprint density at radius 2 is 2.14 bits per heavy atom. The van der Waals surface area contributed by atoms with Crippen LogP contribution in [-0.2, 0) is 4.74 Å². The van der Waals surface area contributed by atoms with Gasteiger partial charge in [0.1, 0.15) is 5.76 Å². The fourth-order valence-corrected chi connectivity index (χ4v) is 2.57. The number of hydrogen-bond donors (Lipinski definition) is 1. The molecule has 2 rings (SSSR count). The van der Waals surface area contributed by atoms with Gasteiger partial charge in [0.15, 0.2) is 11.5 Å². The summed E-state index contributed by atoms with van der Waals surface area (Å²) < 4.78 is 16.8. The first-order valence-electron chi connectivity index (χ1n) is 7.59. The highest BCUT2D eigenvalue weighted by molar-refractivity contribution is 5.49. The second-order valence-corrected chi connectivity index (χ2v) is 5.07. The van der Waals surface area contributed by atoms with Crippen molar-refractivity contribution in [2.24, 2.45) is 0 Å². The quantitative estimate of drug-likeness (QED) is 0.835. The van der Waals surface area contributed by atoms with Gasteiger partial charge in [-0.25, -0.2) is 0 Å². The van der Waals surface area contributed by atoms with Gasteiger partial charge in [0.05, 0.1) is 26.9 Å². The molecule has 1 heterocycles. The molecule has 0 radical (unpaired) electrons. The molecule has 0 bridgehead atoms. The van der Waals surface area contributed by atoms with E-state index >= 15 is 0 Å². The molecule has 0 spiro atoms. The van der Waals surface area contributed by atoms with Crippen molar-refractivity contribution in [3.63, 3.8) is 0 Å². The van der Waals surface area contributed by atoms with E-state index in [1.54, 1.807) is 14.2 Å². The Hall–Kier alpha value is -1.68. The van der Waals surface area contributed by atoms with Gasteiger partial charge >= 0.3 is 0 Å². The molecular formula is C17H25NO3. The van der Waals surface area contributed by atoms with Crippen LogP contribution in [0.15, 0.2) is 30.0 Å². The van der Waals surface area contributed by atoms with Gasteiger partial charge in [0, 0.05) is 5.56 Å². The highest BCUT2D eigenvalue weighted by atomic mass is 16.5. The lowest BCUT2D eigenvalue weighted by Crippen LogP contribution is -2.26. The minimum absolute atomic E-state index is 0.00954. The molecule has 1 unspecified atom stereocenters. The molecule has 4 heteroatoms. The van der Waals surface area contributed by atoms with E-state index in [-0.39, 0.29) is 6.04 Å². The van der Waals surface area contributed by atoms with Crippen LogP contribution in [-0.4, -0.2) is 27.4 Å². The molecule has 0 aromatic heterocycles. The minimum atomic E-state index is 0.00954. The predicted molar refractivity (Wildman–Crippen MR) is 83.8 cm³/mol. The number of para-hydroxylation sites is 1. The molecular weight excluding hydrogens is 266 g/mol. The lowest BCUT2D eigenvalue weighted by atomic mass is 10.0. The van der Waals surface area contributed by atoms with E-state index in [9.17, 15) is 0 Å². The average molecular weight is 291 g/mol. The summed E-state index contributed by atoms with van der Waals surface area (Å²) >= 11 is 0. The highest BCUT2D eigenvalue weighted by Crippen LogP contribution is 2.38. The maximum Gasteiger partial charge on any atom is 0.165 e. The fourth-order valence-electron chi connectivity index (χ4n) is 2.57. The molecule has 1 atom stereocenters. The van der Waals surface area contributed by atoms with Crippen molar-refractivity contribution in [3.05, 3.63) is 35.6 Å². The van der Waals surface area contributed by atoms with Crippen LogP contribution >= 0.6 is 0 Å². The van der Waals surface area contributed by atoms with Gasteiger partial charge in [0.25, 0.3) is 0 Å². The van der Waals surface area contributed by atoms with Gasteiger partial charge in [-0.05, 0) is 37.9 Å². The van der Waals surface area contributed by atoms with Gasteiger partial charge in [-0.15, -0.1) is 0 Å². The summed E-state index contributed by atoms with van der Waals surface area (Å²) in [4.78, 5) is 0. The molecule has 116 valence electrons. The average Bonchev–Trinajstić information content (AvgIpc) is 2.55. The van der Waals surface area contributed by atoms with Crippen LogP contribution < -0.4 is 14.8 Å². The SMILES string of the molecule is CCCNC(C1=CCCCO1)c1cccc(OC)c1OC. The smallest absolute Gasteiger partial charge is 0.165 e. The predicted octanol–water partition coefficient (Wildman–Crippen LogP) is 3.44. The molecule has 1 aromatic rings. The zero-order chi connectivity index (χ0) is 15.1. The summed E-state index contributed by atoms with van der Waals surface area (Å²) in [6.07, 6.45) is 5.39. The Bertz CT molecular complexity index is 485. The molecule has 1 N–H and O–H groups in total. The van der Waals surface area contributed by atoms with Gasteiger partial charge in [-0.3, -0.25) is 0 Å². The fraction of sp³-hybridized carbons (Fsp3) is 0.529. The molecule has 0 aliphatic carbocycles. The number of ether oxygens (including phenoxy) is 3. The van der Waals surface area contributed by atoms with E-state index < -0.39 is 0 Å². The van der Waals surface area contributed by atoms with Crippen LogP contribution in [0.5, 0.6) is 11.5 Å².